The molecule has 0 radical (unpaired) electrons. The molecule has 2 heterocycles. The number of piperidine rings is 2. The molecule has 2 saturated heterocycles. The molecule has 0 saturated carbocycles. The number of nitrogens with one attached hydrogen (secondary N) is 1. The largest absolute Gasteiger partial charge is 0.351 e. The number of primary amides is 1. The van der Waals surface area contributed by atoms with E-state index in [1.165, 1.54) is 17.3 Å². The van der Waals surface area contributed by atoms with Crippen LogP contribution in [0.3, 0.4) is 0 Å². The number of carbonyl (C=O) groups is 2. The van der Waals surface area contributed by atoms with Crippen molar-refractivity contribution in [2.24, 2.45) is 17.6 Å². The maximum absolute atomic E-state index is 13.1. The average molecular weight is 643 g/mol. The van der Waals surface area contributed by atoms with E-state index < -0.39 is 0 Å². The van der Waals surface area contributed by atoms with Crippen molar-refractivity contribution in [2.45, 2.75) is 51.4 Å². The van der Waals surface area contributed by atoms with E-state index >= 15 is 0 Å². The van der Waals surface area contributed by atoms with Crippen LogP contribution >= 0.6 is 43.5 Å². The first-order valence-electron chi connectivity index (χ1n) is 12.6. The summed E-state index contributed by atoms with van der Waals surface area (Å²) in [7, 11) is 0. The highest BCUT2D eigenvalue weighted by Crippen LogP contribution is 2.41. The number of hydrogen-bond donors (Lipinski definition) is 2. The molecule has 2 fully saturated rings. The minimum atomic E-state index is -0.371. The summed E-state index contributed by atoms with van der Waals surface area (Å²) >= 11 is 13.5. The lowest BCUT2D eigenvalue weighted by atomic mass is 9.77. The maximum Gasteiger partial charge on any atom is 0.314 e. The van der Waals surface area contributed by atoms with Crippen LogP contribution < -0.4 is 5.73 Å². The standard InChI is InChI=1S/C27H35Br2ClN4O2/c1-2-19-15-22(30)16-24(29)26(19)23(5-3-4-21(28)17-31)20-8-12-33(13-9-20)25(35)14-18-6-10-34(11-7-18)27(32)36/h3-5,15-18,20,23,31H,2,6-14H2,1H3,(H2,32,36)/b5-3+,21-4+,31-17?. The molecule has 1 aromatic carbocycles. The van der Waals surface area contributed by atoms with Gasteiger partial charge in [0.25, 0.3) is 0 Å². The van der Waals surface area contributed by atoms with Crippen LogP contribution in [-0.4, -0.2) is 54.1 Å². The molecule has 2 aliphatic rings. The summed E-state index contributed by atoms with van der Waals surface area (Å²) in [5, 5.41) is 8.12. The lowest BCUT2D eigenvalue weighted by Crippen LogP contribution is -2.44. The van der Waals surface area contributed by atoms with E-state index in [2.05, 4.69) is 44.9 Å². The fourth-order valence-electron chi connectivity index (χ4n) is 5.35. The molecule has 36 heavy (non-hydrogen) atoms. The summed E-state index contributed by atoms with van der Waals surface area (Å²) in [5.74, 6) is 1.10. The van der Waals surface area contributed by atoms with Gasteiger partial charge >= 0.3 is 6.03 Å². The van der Waals surface area contributed by atoms with Crippen molar-refractivity contribution in [2.75, 3.05) is 26.2 Å². The quantitative estimate of drug-likeness (QED) is 0.246. The molecule has 1 atom stereocenters. The number of nitrogens with two attached hydrogens (primary N) is 1. The van der Waals surface area contributed by atoms with Crippen molar-refractivity contribution in [3.05, 3.63) is 55.5 Å². The first kappa shape index (κ1) is 28.9. The second kappa shape index (κ2) is 13.8. The molecule has 0 bridgehead atoms. The number of nitrogens with zero attached hydrogens (tertiary/aromatic N) is 2. The van der Waals surface area contributed by atoms with Gasteiger partial charge in [0.15, 0.2) is 0 Å². The van der Waals surface area contributed by atoms with Crippen molar-refractivity contribution in [1.82, 2.24) is 9.80 Å². The van der Waals surface area contributed by atoms with Crippen LogP contribution in [0.4, 0.5) is 4.79 Å². The van der Waals surface area contributed by atoms with Gasteiger partial charge < -0.3 is 20.9 Å². The highest BCUT2D eigenvalue weighted by Gasteiger charge is 2.31. The first-order chi connectivity index (χ1) is 17.2. The summed E-state index contributed by atoms with van der Waals surface area (Å²) in [6.07, 6.45) is 12.3. The lowest BCUT2D eigenvalue weighted by Gasteiger charge is -2.37. The molecule has 1 aromatic rings. The molecule has 6 nitrogen and oxygen atoms in total. The minimum absolute atomic E-state index is 0.171. The summed E-state index contributed by atoms with van der Waals surface area (Å²) in [5.41, 5.74) is 7.85. The third kappa shape index (κ3) is 7.68. The summed E-state index contributed by atoms with van der Waals surface area (Å²) in [6.45, 7) is 4.92. The second-order valence-electron chi connectivity index (χ2n) is 9.61. The van der Waals surface area contributed by atoms with Gasteiger partial charge in [-0.05, 0) is 89.2 Å². The number of rotatable bonds is 8. The van der Waals surface area contributed by atoms with Crippen LogP contribution in [0, 0.1) is 17.2 Å². The summed E-state index contributed by atoms with van der Waals surface area (Å²) < 4.78 is 1.72. The smallest absolute Gasteiger partial charge is 0.314 e. The Labute approximate surface area is 236 Å². The molecule has 1 unspecified atom stereocenters. The molecule has 2 aliphatic heterocycles. The van der Waals surface area contributed by atoms with Crippen molar-refractivity contribution < 1.29 is 9.59 Å². The Morgan fingerprint density at radius 2 is 1.81 bits per heavy atom. The van der Waals surface area contributed by atoms with E-state index in [-0.39, 0.29) is 17.9 Å². The number of benzene rings is 1. The monoisotopic (exact) mass is 640 g/mol. The van der Waals surface area contributed by atoms with E-state index in [9.17, 15) is 9.59 Å². The Bertz CT molecular complexity index is 1010. The van der Waals surface area contributed by atoms with E-state index in [0.29, 0.717) is 35.8 Å². The number of amides is 3. The van der Waals surface area contributed by atoms with E-state index in [0.717, 1.165) is 54.7 Å². The molecule has 9 heteroatoms. The molecular weight excluding hydrogens is 608 g/mol. The Morgan fingerprint density at radius 1 is 1.17 bits per heavy atom. The molecule has 3 rings (SSSR count). The molecule has 0 spiro atoms. The zero-order valence-electron chi connectivity index (χ0n) is 20.7. The molecule has 196 valence electrons. The molecule has 3 N–H and O–H groups in total. The third-order valence-corrected chi connectivity index (χ3v) is 8.76. The highest BCUT2D eigenvalue weighted by molar-refractivity contribution is 9.12. The van der Waals surface area contributed by atoms with Crippen molar-refractivity contribution >= 4 is 61.6 Å². The molecule has 3 amide bonds. The van der Waals surface area contributed by atoms with E-state index in [1.54, 1.807) is 4.90 Å². The predicted octanol–water partition coefficient (Wildman–Crippen LogP) is 6.65. The van der Waals surface area contributed by atoms with Gasteiger partial charge in [-0.25, -0.2) is 4.79 Å². The fourth-order valence-corrected chi connectivity index (χ4v) is 6.64. The van der Waals surface area contributed by atoms with Crippen molar-refractivity contribution in [1.29, 1.82) is 5.41 Å². The number of aryl methyl sites for hydroxylation is 1. The second-order valence-corrected chi connectivity index (χ2v) is 11.8. The maximum atomic E-state index is 13.1. The van der Waals surface area contributed by atoms with Crippen LogP contribution in [-0.2, 0) is 11.2 Å². The van der Waals surface area contributed by atoms with Crippen LogP contribution in [0.5, 0.6) is 0 Å². The number of carbonyl (C=O) groups excluding carboxylic acids is 2. The molecule has 0 aromatic heterocycles. The Morgan fingerprint density at radius 3 is 2.39 bits per heavy atom. The van der Waals surface area contributed by atoms with E-state index in [4.69, 9.17) is 22.7 Å². The van der Waals surface area contributed by atoms with E-state index in [1.807, 2.05) is 29.2 Å². The van der Waals surface area contributed by atoms with Crippen LogP contribution in [0.2, 0.25) is 5.02 Å². The predicted molar refractivity (Wildman–Crippen MR) is 154 cm³/mol. The zero-order chi connectivity index (χ0) is 26.2. The van der Waals surface area contributed by atoms with Gasteiger partial charge in [0.1, 0.15) is 0 Å². The average Bonchev–Trinajstić information content (AvgIpc) is 2.87. The third-order valence-electron chi connectivity index (χ3n) is 7.40. The Kier molecular flexibility index (Phi) is 11.1. The normalized spacial score (nSPS) is 19.1. The van der Waals surface area contributed by atoms with Gasteiger partial charge in [-0.15, -0.1) is 0 Å². The molecule has 0 aliphatic carbocycles. The van der Waals surface area contributed by atoms with Crippen molar-refractivity contribution in [3.8, 4) is 0 Å². The summed E-state index contributed by atoms with van der Waals surface area (Å²) in [4.78, 5) is 28.1. The SMILES string of the molecule is CCc1cc(Cl)cc(Br)c1C(/C=C/C=C(/Br)C=N)C1CCN(C(=O)CC2CCN(C(N)=O)CC2)CC1. The van der Waals surface area contributed by atoms with Gasteiger partial charge in [0, 0.05) is 58.7 Å². The first-order valence-corrected chi connectivity index (χ1v) is 14.5. The van der Waals surface area contributed by atoms with Crippen LogP contribution in [0.1, 0.15) is 56.1 Å². The number of urea groups is 1. The van der Waals surface area contributed by atoms with Gasteiger partial charge in [0.2, 0.25) is 5.91 Å². The number of hydrogen-bond acceptors (Lipinski definition) is 3. The highest BCUT2D eigenvalue weighted by atomic mass is 79.9. The fraction of sp³-hybridized carbons (Fsp3) is 0.519. The Hall–Kier alpha value is -1.64. The summed E-state index contributed by atoms with van der Waals surface area (Å²) in [6, 6.07) is 3.64. The van der Waals surface area contributed by atoms with Gasteiger partial charge in [-0.2, -0.15) is 0 Å². The zero-order valence-corrected chi connectivity index (χ0v) is 24.6. The number of halogens is 3. The van der Waals surface area contributed by atoms with Gasteiger partial charge in [-0.1, -0.05) is 46.6 Å². The Balaban J connectivity index is 1.69. The number of likely N-dealkylation sites (tertiary alicyclic amines) is 2. The van der Waals surface area contributed by atoms with Crippen molar-refractivity contribution in [3.63, 3.8) is 0 Å². The van der Waals surface area contributed by atoms with Gasteiger partial charge in [-0.3, -0.25) is 4.79 Å². The van der Waals surface area contributed by atoms with Crippen LogP contribution in [0.15, 0.2) is 39.3 Å². The van der Waals surface area contributed by atoms with Gasteiger partial charge in [0.05, 0.1) is 0 Å². The minimum Gasteiger partial charge on any atom is -0.351 e. The lowest BCUT2D eigenvalue weighted by molar-refractivity contribution is -0.134. The van der Waals surface area contributed by atoms with Crippen LogP contribution in [0.25, 0.3) is 0 Å². The molecular formula is C27H35Br2ClN4O2. The number of allylic oxidation sites excluding steroid dienone is 4. The topological polar surface area (TPSA) is 90.5 Å².